The highest BCUT2D eigenvalue weighted by Crippen LogP contribution is 2.68. The first-order chi connectivity index (χ1) is 22.3. The number of hydrogen-bond acceptors (Lipinski definition) is 17. The quantitative estimate of drug-likeness (QED) is 0.146. The number of aromatic amines is 1. The molecule has 4 saturated heterocycles. The summed E-state index contributed by atoms with van der Waals surface area (Å²) in [4.78, 5) is 35.2. The Hall–Kier alpha value is -2.49. The minimum Gasteiger partial charge on any atom is -0.382 e. The summed E-state index contributed by atoms with van der Waals surface area (Å²) < 4.78 is 84.5. The fraction of sp³-hybridized carbons (Fsp3) is 0.565. The van der Waals surface area contributed by atoms with Crippen molar-refractivity contribution in [3.8, 4) is 0 Å². The number of nitrogens with zero attached hydrogens (tertiary/aromatic N) is 6. The van der Waals surface area contributed by atoms with Gasteiger partial charge in [-0.15, -0.1) is 0 Å². The number of epoxide rings is 1. The molecule has 0 bridgehead atoms. The topological polar surface area (TPSA) is 256 Å². The van der Waals surface area contributed by atoms with Crippen LogP contribution in [0.25, 0.3) is 11.2 Å². The highest BCUT2D eigenvalue weighted by molar-refractivity contribution is 8.44. The molecule has 0 aromatic carbocycles. The van der Waals surface area contributed by atoms with Gasteiger partial charge in [0.2, 0.25) is 11.7 Å². The first-order valence-corrected chi connectivity index (χ1v) is 19.6. The molecule has 0 radical (unpaired) electrons. The average molecular weight is 734 g/mol. The molecule has 0 saturated carbocycles. The van der Waals surface area contributed by atoms with Crippen molar-refractivity contribution in [1.29, 1.82) is 0 Å². The summed E-state index contributed by atoms with van der Waals surface area (Å²) in [7, 11) is 0. The van der Waals surface area contributed by atoms with Crippen molar-refractivity contribution in [3.05, 3.63) is 28.7 Å². The number of halogens is 1. The Kier molecular flexibility index (Phi) is 7.62. The van der Waals surface area contributed by atoms with Crippen LogP contribution >= 0.6 is 38.1 Å². The third-order valence-corrected chi connectivity index (χ3v) is 11.6. The molecule has 5 N–H and O–H groups in total. The number of H-pyrrole nitrogens is 1. The maximum atomic E-state index is 16.0. The second-order valence-corrected chi connectivity index (χ2v) is 17.0. The van der Waals surface area contributed by atoms with E-state index in [0.29, 0.717) is 25.0 Å². The number of aromatic nitrogens is 6. The second kappa shape index (κ2) is 11.3. The summed E-state index contributed by atoms with van der Waals surface area (Å²) in [6, 6.07) is 0. The zero-order chi connectivity index (χ0) is 32.9. The Labute approximate surface area is 273 Å². The maximum absolute atomic E-state index is 16.0. The molecule has 5 aliphatic rings. The van der Waals surface area contributed by atoms with E-state index in [2.05, 4.69) is 54.4 Å². The van der Waals surface area contributed by atoms with Crippen molar-refractivity contribution in [2.75, 3.05) is 18.1 Å². The van der Waals surface area contributed by atoms with Crippen LogP contribution in [0.15, 0.2) is 22.4 Å². The molecule has 11 atom stereocenters. The zero-order valence-electron chi connectivity index (χ0n) is 23.8. The van der Waals surface area contributed by atoms with Gasteiger partial charge in [0.15, 0.2) is 36.3 Å². The van der Waals surface area contributed by atoms with Crippen LogP contribution in [0.1, 0.15) is 37.1 Å². The number of nitrogen functional groups attached to an aromatic ring is 2. The molecule has 47 heavy (non-hydrogen) atoms. The van der Waals surface area contributed by atoms with Crippen LogP contribution in [0.5, 0.6) is 0 Å². The number of aliphatic imine (C=N–C) groups is 1. The molecule has 1 spiro atoms. The van der Waals surface area contributed by atoms with Gasteiger partial charge < -0.3 is 25.7 Å². The molecule has 3 aromatic heterocycles. The summed E-state index contributed by atoms with van der Waals surface area (Å²) in [6.45, 7) is -9.25. The lowest BCUT2D eigenvalue weighted by molar-refractivity contribution is -0.138. The number of fused-ring (bicyclic) bond motifs is 3. The highest BCUT2D eigenvalue weighted by Gasteiger charge is 2.75. The fourth-order valence-corrected chi connectivity index (χ4v) is 9.50. The largest absolute Gasteiger partial charge is 0.391 e. The van der Waals surface area contributed by atoms with Crippen molar-refractivity contribution >= 4 is 72.9 Å². The van der Waals surface area contributed by atoms with Crippen LogP contribution in [0.3, 0.4) is 0 Å². The molecule has 19 nitrogen and oxygen atoms in total. The van der Waals surface area contributed by atoms with Gasteiger partial charge >= 0.3 is 13.6 Å². The summed E-state index contributed by atoms with van der Waals surface area (Å²) in [5, 5.41) is 0. The highest BCUT2D eigenvalue weighted by atomic mass is 32.7. The molecular weight excluding hydrogens is 707 g/mol. The molecule has 8 rings (SSSR count). The monoisotopic (exact) mass is 733 g/mol. The van der Waals surface area contributed by atoms with Crippen LogP contribution in [-0.2, 0) is 41.4 Å². The number of nitrogens with two attached hydrogens (primary N) is 2. The summed E-state index contributed by atoms with van der Waals surface area (Å²) in [6.07, 6.45) is -4.28. The SMILES string of the molecule is Nc1nc2c(c(=O)[nH]1)N=CCC2CCC1O[C@@H]2COP(=O)(S)O[C@@H]3[C@H](OC(n4cnc5c(N)ncnc54)[C@@H]3F)OP(=O)(S)O[C@@]23O[C@@H]13. The van der Waals surface area contributed by atoms with E-state index in [1.54, 1.807) is 6.21 Å². The lowest BCUT2D eigenvalue weighted by atomic mass is 9.91. The van der Waals surface area contributed by atoms with Gasteiger partial charge in [-0.25, -0.2) is 33.5 Å². The number of ether oxygens (including phenoxy) is 3. The zero-order valence-corrected chi connectivity index (χ0v) is 27.3. The van der Waals surface area contributed by atoms with E-state index in [1.807, 2.05) is 0 Å². The predicted molar refractivity (Wildman–Crippen MR) is 165 cm³/mol. The van der Waals surface area contributed by atoms with E-state index in [-0.39, 0.29) is 34.5 Å². The number of hydrogen-bond donors (Lipinski definition) is 5. The fourth-order valence-electron chi connectivity index (χ4n) is 6.31. The standard InChI is InChI=1S/C23H26FN9O10P2S2/c24-11-15-21(39-20(11)33-7-30-14-17(25)28-6-29-18(14)33)42-45(36,47)43-23-10(5-37-44(35,46)41-15)38-9(16(23)40-23)2-1-8-3-4-27-13-12(8)31-22(26)32-19(13)34/h4,6-11,15-16,20-21H,1-3,5H2,(H,35,46)(H,36,47)(H2,25,28,29)(H3,26,31,32,34)/t8?,9?,10-,11-,15+,16+,20?,21-,23+,44?,45?/m1/s1. The van der Waals surface area contributed by atoms with Crippen molar-refractivity contribution in [2.24, 2.45) is 4.99 Å². The molecule has 3 aromatic rings. The van der Waals surface area contributed by atoms with Crippen molar-refractivity contribution < 1.29 is 45.8 Å². The average Bonchev–Trinajstić information content (AvgIpc) is 3.26. The normalized spacial score (nSPS) is 41.1. The Balaban J connectivity index is 1.02. The van der Waals surface area contributed by atoms with E-state index in [1.165, 1.54) is 10.9 Å². The molecular formula is C23H26FN9O10P2S2. The smallest absolute Gasteiger partial charge is 0.382 e. The Morgan fingerprint density at radius 1 is 1.13 bits per heavy atom. The first-order valence-electron chi connectivity index (χ1n) is 14.2. The molecule has 4 fully saturated rings. The van der Waals surface area contributed by atoms with Gasteiger partial charge in [-0.2, -0.15) is 0 Å². The van der Waals surface area contributed by atoms with Gasteiger partial charge in [-0.1, -0.05) is 24.5 Å². The number of imidazole rings is 1. The van der Waals surface area contributed by atoms with Gasteiger partial charge in [0.05, 0.1) is 24.7 Å². The minimum atomic E-state index is -4.44. The second-order valence-electron chi connectivity index (χ2n) is 11.4. The molecule has 8 heterocycles. The lowest BCUT2D eigenvalue weighted by Crippen LogP contribution is -2.34. The van der Waals surface area contributed by atoms with Gasteiger partial charge in [0, 0.05) is 12.1 Å². The predicted octanol–water partition coefficient (Wildman–Crippen LogP) is 2.32. The maximum Gasteiger partial charge on any atom is 0.391 e. The van der Waals surface area contributed by atoms with Crippen LogP contribution in [-0.4, -0.2) is 85.0 Å². The van der Waals surface area contributed by atoms with Crippen LogP contribution in [0, 0.1) is 0 Å². The summed E-state index contributed by atoms with van der Waals surface area (Å²) in [5.74, 6) is -1.86. The van der Waals surface area contributed by atoms with E-state index in [4.69, 9.17) is 43.8 Å². The van der Waals surface area contributed by atoms with E-state index in [9.17, 15) is 13.9 Å². The lowest BCUT2D eigenvalue weighted by Gasteiger charge is -2.25. The van der Waals surface area contributed by atoms with Crippen LogP contribution < -0.4 is 17.0 Å². The van der Waals surface area contributed by atoms with Gasteiger partial charge in [-0.3, -0.25) is 37.4 Å². The van der Waals surface area contributed by atoms with Crippen molar-refractivity contribution in [3.63, 3.8) is 0 Å². The number of anilines is 2. The number of rotatable bonds is 4. The summed E-state index contributed by atoms with van der Waals surface area (Å²) in [5.41, 5.74) is 12.1. The van der Waals surface area contributed by atoms with Gasteiger partial charge in [0.25, 0.3) is 5.56 Å². The third kappa shape index (κ3) is 5.52. The molecule has 252 valence electrons. The van der Waals surface area contributed by atoms with Gasteiger partial charge in [0.1, 0.15) is 29.7 Å². The number of nitrogens with one attached hydrogen (secondary N) is 1. The van der Waals surface area contributed by atoms with E-state index in [0.717, 1.165) is 6.33 Å². The van der Waals surface area contributed by atoms with Crippen molar-refractivity contribution in [1.82, 2.24) is 29.5 Å². The minimum absolute atomic E-state index is 0.0246. The molecule has 0 amide bonds. The summed E-state index contributed by atoms with van der Waals surface area (Å²) >= 11 is 8.16. The number of thiol groups is 2. The molecule has 5 unspecified atom stereocenters. The first kappa shape index (κ1) is 31.8. The van der Waals surface area contributed by atoms with Crippen LogP contribution in [0.2, 0.25) is 0 Å². The van der Waals surface area contributed by atoms with E-state index < -0.39 is 74.7 Å². The van der Waals surface area contributed by atoms with E-state index >= 15 is 4.39 Å². The Morgan fingerprint density at radius 2 is 1.96 bits per heavy atom. The van der Waals surface area contributed by atoms with Gasteiger partial charge in [-0.05, 0) is 19.3 Å². The van der Waals surface area contributed by atoms with Crippen LogP contribution in [0.4, 0.5) is 21.8 Å². The Bertz CT molecular complexity index is 1960. The number of alkyl halides is 1. The van der Waals surface area contributed by atoms with Crippen molar-refractivity contribution in [2.45, 2.75) is 74.1 Å². The molecule has 5 aliphatic heterocycles. The Morgan fingerprint density at radius 3 is 2.79 bits per heavy atom. The molecule has 0 aliphatic carbocycles. The third-order valence-electron chi connectivity index (χ3n) is 8.44. The molecule has 24 heteroatoms.